The molecule has 112 valence electrons. The SMILES string of the molecule is CCCc1ncccc1OC(CCNC)c1ccccc1. The molecule has 2 rings (SSSR count). The number of pyridine rings is 1. The van der Waals surface area contributed by atoms with Crippen LogP contribution >= 0.6 is 0 Å². The summed E-state index contributed by atoms with van der Waals surface area (Å²) in [7, 11) is 1.97. The lowest BCUT2D eigenvalue weighted by Gasteiger charge is -2.21. The van der Waals surface area contributed by atoms with E-state index in [-0.39, 0.29) is 6.10 Å². The Morgan fingerprint density at radius 3 is 2.67 bits per heavy atom. The summed E-state index contributed by atoms with van der Waals surface area (Å²) >= 11 is 0. The van der Waals surface area contributed by atoms with Crippen LogP contribution in [0.25, 0.3) is 0 Å². The Labute approximate surface area is 127 Å². The first-order chi connectivity index (χ1) is 10.3. The van der Waals surface area contributed by atoms with E-state index >= 15 is 0 Å². The average Bonchev–Trinajstić information content (AvgIpc) is 2.54. The number of hydrogen-bond acceptors (Lipinski definition) is 3. The normalized spacial score (nSPS) is 12.1. The third-order valence-corrected chi connectivity index (χ3v) is 3.43. The van der Waals surface area contributed by atoms with Crippen LogP contribution in [0.4, 0.5) is 0 Å². The molecule has 0 amide bonds. The Balaban J connectivity index is 2.19. The maximum Gasteiger partial charge on any atom is 0.141 e. The van der Waals surface area contributed by atoms with E-state index in [4.69, 9.17) is 4.74 Å². The average molecular weight is 284 g/mol. The lowest BCUT2D eigenvalue weighted by Crippen LogP contribution is -2.17. The largest absolute Gasteiger partial charge is 0.484 e. The van der Waals surface area contributed by atoms with Crippen molar-refractivity contribution in [3.63, 3.8) is 0 Å². The van der Waals surface area contributed by atoms with E-state index in [0.717, 1.165) is 37.3 Å². The van der Waals surface area contributed by atoms with Crippen molar-refractivity contribution in [2.24, 2.45) is 0 Å². The fourth-order valence-corrected chi connectivity index (χ4v) is 2.35. The summed E-state index contributed by atoms with van der Waals surface area (Å²) in [5.41, 5.74) is 2.25. The fourth-order valence-electron chi connectivity index (χ4n) is 2.35. The zero-order chi connectivity index (χ0) is 14.9. The molecule has 0 aliphatic heterocycles. The Morgan fingerprint density at radius 2 is 1.95 bits per heavy atom. The Morgan fingerprint density at radius 1 is 1.14 bits per heavy atom. The van der Waals surface area contributed by atoms with Gasteiger partial charge >= 0.3 is 0 Å². The van der Waals surface area contributed by atoms with Crippen LogP contribution in [0.1, 0.15) is 37.1 Å². The van der Waals surface area contributed by atoms with E-state index in [2.05, 4.69) is 41.5 Å². The second kappa shape index (κ2) is 8.42. The third kappa shape index (κ3) is 4.57. The van der Waals surface area contributed by atoms with Gasteiger partial charge < -0.3 is 10.1 Å². The van der Waals surface area contributed by atoms with E-state index in [1.165, 1.54) is 5.56 Å². The highest BCUT2D eigenvalue weighted by atomic mass is 16.5. The van der Waals surface area contributed by atoms with E-state index in [1.807, 2.05) is 31.4 Å². The molecule has 0 fully saturated rings. The number of benzene rings is 1. The molecule has 0 aliphatic carbocycles. The van der Waals surface area contributed by atoms with Gasteiger partial charge in [-0.3, -0.25) is 4.98 Å². The minimum Gasteiger partial charge on any atom is -0.484 e. The predicted molar refractivity (Wildman–Crippen MR) is 86.6 cm³/mol. The number of hydrogen-bond donors (Lipinski definition) is 1. The van der Waals surface area contributed by atoms with Gasteiger partial charge in [0.2, 0.25) is 0 Å². The molecule has 21 heavy (non-hydrogen) atoms. The molecule has 3 heteroatoms. The maximum atomic E-state index is 6.28. The van der Waals surface area contributed by atoms with Gasteiger partial charge in [-0.05, 0) is 37.7 Å². The van der Waals surface area contributed by atoms with Gasteiger partial charge in [0.1, 0.15) is 11.9 Å². The molecule has 0 radical (unpaired) electrons. The van der Waals surface area contributed by atoms with E-state index < -0.39 is 0 Å². The van der Waals surface area contributed by atoms with Crippen molar-refractivity contribution in [3.05, 3.63) is 59.9 Å². The van der Waals surface area contributed by atoms with E-state index in [9.17, 15) is 0 Å². The number of ether oxygens (including phenoxy) is 1. The molecule has 1 heterocycles. The Bertz CT molecular complexity index is 528. The van der Waals surface area contributed by atoms with Crippen molar-refractivity contribution in [1.82, 2.24) is 10.3 Å². The Kier molecular flexibility index (Phi) is 6.22. The molecule has 1 atom stereocenters. The number of aryl methyl sites for hydroxylation is 1. The van der Waals surface area contributed by atoms with Crippen molar-refractivity contribution in [1.29, 1.82) is 0 Å². The number of rotatable bonds is 8. The molecule has 0 aliphatic rings. The second-order valence-corrected chi connectivity index (χ2v) is 5.11. The first-order valence-electron chi connectivity index (χ1n) is 7.65. The monoisotopic (exact) mass is 284 g/mol. The molecule has 2 aromatic rings. The van der Waals surface area contributed by atoms with Gasteiger partial charge in [0.05, 0.1) is 5.69 Å². The summed E-state index contributed by atoms with van der Waals surface area (Å²) in [4.78, 5) is 4.45. The highest BCUT2D eigenvalue weighted by Gasteiger charge is 2.15. The van der Waals surface area contributed by atoms with E-state index in [0.29, 0.717) is 0 Å². The van der Waals surface area contributed by atoms with Gasteiger partial charge in [-0.2, -0.15) is 0 Å². The summed E-state index contributed by atoms with van der Waals surface area (Å²) in [5, 5.41) is 3.20. The molecule has 0 saturated carbocycles. The van der Waals surface area contributed by atoms with Crippen LogP contribution in [0, 0.1) is 0 Å². The molecule has 0 saturated heterocycles. The van der Waals surface area contributed by atoms with Crippen LogP contribution in [-0.4, -0.2) is 18.6 Å². The molecule has 1 N–H and O–H groups in total. The van der Waals surface area contributed by atoms with Gasteiger partial charge in [0.15, 0.2) is 0 Å². The van der Waals surface area contributed by atoms with Gasteiger partial charge in [-0.25, -0.2) is 0 Å². The van der Waals surface area contributed by atoms with Crippen molar-refractivity contribution in [2.45, 2.75) is 32.3 Å². The summed E-state index contributed by atoms with van der Waals surface area (Å²) in [6, 6.07) is 14.3. The number of nitrogens with zero attached hydrogens (tertiary/aromatic N) is 1. The summed E-state index contributed by atoms with van der Waals surface area (Å²) < 4.78 is 6.28. The zero-order valence-corrected chi connectivity index (χ0v) is 12.9. The third-order valence-electron chi connectivity index (χ3n) is 3.43. The van der Waals surface area contributed by atoms with Crippen molar-refractivity contribution in [2.75, 3.05) is 13.6 Å². The summed E-state index contributed by atoms with van der Waals surface area (Å²) in [6.07, 6.45) is 4.84. The summed E-state index contributed by atoms with van der Waals surface area (Å²) in [5.74, 6) is 0.907. The molecular weight excluding hydrogens is 260 g/mol. The predicted octanol–water partition coefficient (Wildman–Crippen LogP) is 3.76. The number of nitrogens with one attached hydrogen (secondary N) is 1. The molecule has 1 aromatic carbocycles. The standard InChI is InChI=1S/C18H24N2O/c1-3-8-16-18(11-7-13-20-16)21-17(12-14-19-2)15-9-5-4-6-10-15/h4-7,9-11,13,17,19H,3,8,12,14H2,1-2H3. The van der Waals surface area contributed by atoms with Crippen molar-refractivity contribution < 1.29 is 4.74 Å². The van der Waals surface area contributed by atoms with Crippen LogP contribution in [-0.2, 0) is 6.42 Å². The van der Waals surface area contributed by atoms with Gasteiger partial charge in [-0.15, -0.1) is 0 Å². The van der Waals surface area contributed by atoms with Crippen LogP contribution in [0.2, 0.25) is 0 Å². The van der Waals surface area contributed by atoms with Gasteiger partial charge in [-0.1, -0.05) is 43.7 Å². The summed E-state index contributed by atoms with van der Waals surface area (Å²) in [6.45, 7) is 3.08. The van der Waals surface area contributed by atoms with Crippen LogP contribution in [0.3, 0.4) is 0 Å². The van der Waals surface area contributed by atoms with Crippen molar-refractivity contribution in [3.8, 4) is 5.75 Å². The molecule has 1 aromatic heterocycles. The van der Waals surface area contributed by atoms with Gasteiger partial charge in [0.25, 0.3) is 0 Å². The topological polar surface area (TPSA) is 34.1 Å². The highest BCUT2D eigenvalue weighted by molar-refractivity contribution is 5.29. The quantitative estimate of drug-likeness (QED) is 0.801. The van der Waals surface area contributed by atoms with Crippen LogP contribution in [0.5, 0.6) is 5.75 Å². The van der Waals surface area contributed by atoms with Crippen LogP contribution in [0.15, 0.2) is 48.7 Å². The smallest absolute Gasteiger partial charge is 0.141 e. The van der Waals surface area contributed by atoms with E-state index in [1.54, 1.807) is 0 Å². The second-order valence-electron chi connectivity index (χ2n) is 5.11. The lowest BCUT2D eigenvalue weighted by atomic mass is 10.1. The molecular formula is C18H24N2O. The fraction of sp³-hybridized carbons (Fsp3) is 0.389. The van der Waals surface area contributed by atoms with Crippen LogP contribution < -0.4 is 10.1 Å². The molecule has 1 unspecified atom stereocenters. The minimum atomic E-state index is 0.0541. The molecule has 3 nitrogen and oxygen atoms in total. The maximum absolute atomic E-state index is 6.28. The highest BCUT2D eigenvalue weighted by Crippen LogP contribution is 2.27. The zero-order valence-electron chi connectivity index (χ0n) is 12.9. The minimum absolute atomic E-state index is 0.0541. The van der Waals surface area contributed by atoms with Crippen molar-refractivity contribution >= 4 is 0 Å². The first-order valence-corrected chi connectivity index (χ1v) is 7.65. The molecule has 0 spiro atoms. The number of aromatic nitrogens is 1. The molecule has 0 bridgehead atoms. The lowest BCUT2D eigenvalue weighted by molar-refractivity contribution is 0.192. The first kappa shape index (κ1) is 15.5. The van der Waals surface area contributed by atoms with Gasteiger partial charge in [0, 0.05) is 12.6 Å². The Hall–Kier alpha value is -1.87.